The van der Waals surface area contributed by atoms with Crippen LogP contribution in [0.5, 0.6) is 0 Å². The van der Waals surface area contributed by atoms with E-state index < -0.39 is 8.07 Å². The molecule has 5 atom stereocenters. The van der Waals surface area contributed by atoms with Crippen molar-refractivity contribution in [2.75, 3.05) is 0 Å². The fourth-order valence-electron chi connectivity index (χ4n) is 4.47. The maximum absolute atomic E-state index is 2.60. The van der Waals surface area contributed by atoms with E-state index in [-0.39, 0.29) is 58.9 Å². The summed E-state index contributed by atoms with van der Waals surface area (Å²) in [6, 6.07) is 12.7. The van der Waals surface area contributed by atoms with Crippen molar-refractivity contribution in [2.24, 2.45) is 17.8 Å². The number of benzene rings is 1. The van der Waals surface area contributed by atoms with Gasteiger partial charge >= 0.3 is 21.7 Å². The van der Waals surface area contributed by atoms with Crippen molar-refractivity contribution in [2.45, 2.75) is 32.0 Å². The van der Waals surface area contributed by atoms with Gasteiger partial charge in [0.25, 0.3) is 0 Å². The van der Waals surface area contributed by atoms with E-state index in [9.17, 15) is 0 Å². The van der Waals surface area contributed by atoms with Crippen molar-refractivity contribution in [3.05, 3.63) is 61.1 Å². The summed E-state index contributed by atoms with van der Waals surface area (Å²) in [5.74, 6) is 2.13. The van der Waals surface area contributed by atoms with Crippen LogP contribution in [-0.2, 0) is 21.7 Å². The predicted molar refractivity (Wildman–Crippen MR) is 90.6 cm³/mol. The average molecular weight is 436 g/mol. The molecule has 0 amide bonds. The molecule has 2 aliphatic rings. The van der Waals surface area contributed by atoms with E-state index in [0.29, 0.717) is 5.92 Å². The molecule has 0 radical (unpaired) electrons. The Morgan fingerprint density at radius 1 is 1.00 bits per heavy atom. The zero-order valence-electron chi connectivity index (χ0n) is 14.4. The van der Waals surface area contributed by atoms with Gasteiger partial charge in [0.2, 0.25) is 0 Å². The molecule has 0 spiro atoms. The minimum absolute atomic E-state index is 0. The molecule has 0 aliphatic heterocycles. The molecule has 0 aromatic heterocycles. The fourth-order valence-corrected chi connectivity index (χ4v) is 9.14. The summed E-state index contributed by atoms with van der Waals surface area (Å²) in [6.45, 7) is 7.45. The van der Waals surface area contributed by atoms with Crippen molar-refractivity contribution in [3.8, 4) is 0 Å². The molecule has 5 unspecified atom stereocenters. The first-order valence-corrected chi connectivity index (χ1v) is 10.7. The topological polar surface area (TPSA) is 0 Å². The largest absolute Gasteiger partial charge is 4.00 e. The molecule has 0 bridgehead atoms. The summed E-state index contributed by atoms with van der Waals surface area (Å²) in [7, 11) is -1.45. The van der Waals surface area contributed by atoms with Gasteiger partial charge in [-0.1, -0.05) is 85.7 Å². The molecule has 1 fully saturated rings. The van der Waals surface area contributed by atoms with E-state index in [1.165, 1.54) is 6.04 Å². The van der Waals surface area contributed by atoms with Crippen LogP contribution in [0.4, 0.5) is 0 Å². The Morgan fingerprint density at radius 2 is 1.58 bits per heavy atom. The van der Waals surface area contributed by atoms with Crippen LogP contribution >= 0.6 is 0 Å². The van der Waals surface area contributed by atoms with Crippen LogP contribution in [-0.4, -0.2) is 8.07 Å². The SMILES string of the molecule is CC[Si](C)(c1ccccc1)C1C(C)[CH-]C2C=CC=CC21.[Cl-].[Cl-].[Cl-].[Ti+4]. The second kappa shape index (κ2) is 11.3. The number of halogens is 3. The Kier molecular flexibility index (Phi) is 12.5. The zero-order chi connectivity index (χ0) is 14.2. The van der Waals surface area contributed by atoms with E-state index >= 15 is 0 Å². The normalized spacial score (nSPS) is 29.0. The van der Waals surface area contributed by atoms with Gasteiger partial charge in [0.05, 0.1) is 8.07 Å². The Balaban J connectivity index is 0. The molecule has 0 saturated heterocycles. The van der Waals surface area contributed by atoms with Gasteiger partial charge in [-0.2, -0.15) is 5.92 Å². The summed E-state index contributed by atoms with van der Waals surface area (Å²) in [6.07, 6.45) is 11.9. The van der Waals surface area contributed by atoms with Crippen molar-refractivity contribution in [1.82, 2.24) is 0 Å². The smallest absolute Gasteiger partial charge is 1.00 e. The first-order valence-electron chi connectivity index (χ1n) is 7.92. The Morgan fingerprint density at radius 3 is 2.17 bits per heavy atom. The van der Waals surface area contributed by atoms with E-state index in [1.54, 1.807) is 5.19 Å². The minimum atomic E-state index is -1.45. The second-order valence-electron chi connectivity index (χ2n) is 6.64. The van der Waals surface area contributed by atoms with Gasteiger partial charge < -0.3 is 43.6 Å². The first kappa shape index (κ1) is 26.7. The standard InChI is InChI=1S/C19H25Si.3ClH.Ti/c1-4-20(3,17-11-6-5-7-12-17)19-15(2)14-16-10-8-9-13-18(16)19;;;;/h5-16,18-19H,4H2,1-3H3;3*1H;/q-1;;;;+4/p-3. The third-order valence-electron chi connectivity index (χ3n) is 5.63. The first-order chi connectivity index (χ1) is 9.66. The maximum Gasteiger partial charge on any atom is 4.00 e. The van der Waals surface area contributed by atoms with Crippen LogP contribution in [0.3, 0.4) is 0 Å². The molecule has 0 heterocycles. The number of hydrogen-bond donors (Lipinski definition) is 0. The van der Waals surface area contributed by atoms with Crippen molar-refractivity contribution >= 4 is 13.3 Å². The van der Waals surface area contributed by atoms with Gasteiger partial charge in [0.15, 0.2) is 0 Å². The van der Waals surface area contributed by atoms with Crippen molar-refractivity contribution in [1.29, 1.82) is 0 Å². The van der Waals surface area contributed by atoms with Crippen LogP contribution in [0.15, 0.2) is 54.6 Å². The van der Waals surface area contributed by atoms with E-state index in [2.05, 4.69) is 81.5 Å². The molecule has 1 aromatic rings. The molecule has 1 saturated carbocycles. The molecule has 130 valence electrons. The van der Waals surface area contributed by atoms with Gasteiger partial charge in [0.1, 0.15) is 0 Å². The van der Waals surface area contributed by atoms with E-state index in [4.69, 9.17) is 0 Å². The van der Waals surface area contributed by atoms with Crippen LogP contribution in [0.1, 0.15) is 13.8 Å². The predicted octanol–water partition coefficient (Wildman–Crippen LogP) is -4.42. The maximum atomic E-state index is 2.60. The average Bonchev–Trinajstić information content (AvgIpc) is 2.83. The molecular weight excluding hydrogens is 411 g/mol. The zero-order valence-corrected chi connectivity index (χ0v) is 19.3. The summed E-state index contributed by atoms with van der Waals surface area (Å²) >= 11 is 0. The van der Waals surface area contributed by atoms with Crippen molar-refractivity contribution in [3.63, 3.8) is 0 Å². The van der Waals surface area contributed by atoms with Gasteiger partial charge in [-0.3, -0.25) is 0 Å². The third-order valence-corrected chi connectivity index (χ3v) is 11.1. The number of allylic oxidation sites excluding steroid dienone is 4. The molecule has 0 N–H and O–H groups in total. The van der Waals surface area contributed by atoms with E-state index in [1.807, 2.05) is 0 Å². The monoisotopic (exact) mass is 434 g/mol. The molecule has 24 heavy (non-hydrogen) atoms. The number of fused-ring (bicyclic) bond motifs is 1. The Hall–Kier alpha value is 0.501. The minimum Gasteiger partial charge on any atom is -1.00 e. The summed E-state index contributed by atoms with van der Waals surface area (Å²) in [5.41, 5.74) is 0.834. The van der Waals surface area contributed by atoms with Gasteiger partial charge in [-0.05, 0) is 5.92 Å². The van der Waals surface area contributed by atoms with Gasteiger partial charge in [0, 0.05) is 0 Å². The molecule has 5 heteroatoms. The summed E-state index contributed by atoms with van der Waals surface area (Å²) < 4.78 is 0. The molecule has 2 aliphatic carbocycles. The van der Waals surface area contributed by atoms with Crippen LogP contribution in [0.2, 0.25) is 18.1 Å². The summed E-state index contributed by atoms with van der Waals surface area (Å²) in [5, 5.41) is 1.64. The van der Waals surface area contributed by atoms with Crippen molar-refractivity contribution < 1.29 is 58.9 Å². The number of rotatable bonds is 3. The third kappa shape index (κ3) is 4.81. The molecule has 0 nitrogen and oxygen atoms in total. The van der Waals surface area contributed by atoms with Crippen LogP contribution in [0.25, 0.3) is 0 Å². The van der Waals surface area contributed by atoms with Crippen LogP contribution in [0, 0.1) is 24.2 Å². The second-order valence-corrected chi connectivity index (χ2v) is 11.4. The van der Waals surface area contributed by atoms with Crippen LogP contribution < -0.4 is 42.4 Å². The molecular formula is C19H25Cl3SiTi. The number of hydrogen-bond acceptors (Lipinski definition) is 0. The van der Waals surface area contributed by atoms with Gasteiger partial charge in [-0.25, -0.2) is 0 Å². The van der Waals surface area contributed by atoms with Gasteiger partial charge in [-0.15, -0.1) is 12.0 Å². The fraction of sp³-hybridized carbons (Fsp3) is 0.421. The summed E-state index contributed by atoms with van der Waals surface area (Å²) in [4.78, 5) is 0. The van der Waals surface area contributed by atoms with E-state index in [0.717, 1.165) is 17.4 Å². The Labute approximate surface area is 182 Å². The molecule has 3 rings (SSSR count). The quantitative estimate of drug-likeness (QED) is 0.332. The Bertz CT molecular complexity index is 535. The molecule has 1 aromatic carbocycles.